The Labute approximate surface area is 207 Å². The number of carbonyl (C=O) groups is 3. The number of nitrogens with zero attached hydrogens (tertiary/aromatic N) is 4. The molecule has 1 aliphatic heterocycles. The lowest BCUT2D eigenvalue weighted by Gasteiger charge is -2.42. The summed E-state index contributed by atoms with van der Waals surface area (Å²) >= 11 is 0. The van der Waals surface area contributed by atoms with Crippen LogP contribution in [-0.2, 0) is 16.1 Å². The molecule has 3 amide bonds. The molecule has 1 unspecified atom stereocenters. The molecule has 0 aliphatic carbocycles. The van der Waals surface area contributed by atoms with Gasteiger partial charge in [0.05, 0.1) is 24.1 Å². The molecule has 1 aromatic heterocycles. The number of hydrogen-bond acceptors (Lipinski definition) is 5. The Morgan fingerprint density at radius 3 is 2.44 bits per heavy atom. The fraction of sp³-hybridized carbons (Fsp3) is 0.346. The van der Waals surface area contributed by atoms with Crippen molar-refractivity contribution in [2.45, 2.75) is 33.4 Å². The van der Waals surface area contributed by atoms with E-state index >= 15 is 0 Å². The first-order valence-corrected chi connectivity index (χ1v) is 11.5. The van der Waals surface area contributed by atoms with Crippen molar-refractivity contribution in [1.82, 2.24) is 20.0 Å². The summed E-state index contributed by atoms with van der Waals surface area (Å²) in [6.45, 7) is 6.07. The highest BCUT2D eigenvalue weighted by Gasteiger charge is 2.42. The van der Waals surface area contributed by atoms with E-state index in [1.165, 1.54) is 21.7 Å². The molecular formula is C26H27FN6O3. The maximum absolute atomic E-state index is 14.9. The number of fused-ring (bicyclic) bond motifs is 1. The predicted molar refractivity (Wildman–Crippen MR) is 130 cm³/mol. The summed E-state index contributed by atoms with van der Waals surface area (Å²) in [5.41, 5.74) is 6.11. The number of benzene rings is 2. The second kappa shape index (κ2) is 9.41. The van der Waals surface area contributed by atoms with E-state index in [0.717, 1.165) is 5.56 Å². The lowest BCUT2D eigenvalue weighted by atomic mass is 9.84. The molecule has 2 aromatic carbocycles. The molecule has 0 spiro atoms. The quantitative estimate of drug-likeness (QED) is 0.546. The minimum Gasteiger partial charge on any atom is -0.369 e. The van der Waals surface area contributed by atoms with E-state index in [2.05, 4.69) is 16.5 Å². The standard InChI is InChI=1S/C26H27FN6O3/c1-26(2,3)22(25(36)32-13-17(14-32)23(29)34)30-24(35)20-18-5-4-6-19(27)21(18)33(31-20)12-16-9-7-15(11-28)8-10-16/h4-10,17,22H,12-14H2,1-3H3,(H2,29,34)(H,30,35). The smallest absolute Gasteiger partial charge is 0.273 e. The fourth-order valence-corrected chi connectivity index (χ4v) is 4.20. The summed E-state index contributed by atoms with van der Waals surface area (Å²) in [6.07, 6.45) is 0. The second-order valence-electron chi connectivity index (χ2n) is 10.1. The molecule has 10 heteroatoms. The van der Waals surface area contributed by atoms with Crippen LogP contribution in [0, 0.1) is 28.5 Å². The van der Waals surface area contributed by atoms with Crippen molar-refractivity contribution < 1.29 is 18.8 Å². The van der Waals surface area contributed by atoms with E-state index in [-0.39, 0.29) is 36.8 Å². The first-order chi connectivity index (χ1) is 17.0. The number of nitrogens with two attached hydrogens (primary N) is 1. The van der Waals surface area contributed by atoms with Gasteiger partial charge >= 0.3 is 0 Å². The number of halogens is 1. The normalized spacial score (nSPS) is 14.7. The molecule has 1 aliphatic rings. The van der Waals surface area contributed by atoms with Gasteiger partial charge in [-0.25, -0.2) is 4.39 Å². The van der Waals surface area contributed by atoms with E-state index in [0.29, 0.717) is 10.9 Å². The zero-order chi connectivity index (χ0) is 26.2. The molecule has 1 saturated heterocycles. The zero-order valence-electron chi connectivity index (χ0n) is 20.3. The van der Waals surface area contributed by atoms with Gasteiger partial charge in [0.25, 0.3) is 5.91 Å². The highest BCUT2D eigenvalue weighted by atomic mass is 19.1. The van der Waals surface area contributed by atoms with Gasteiger partial charge in [0, 0.05) is 18.5 Å². The molecule has 1 atom stereocenters. The van der Waals surface area contributed by atoms with E-state index < -0.39 is 35.0 Å². The first kappa shape index (κ1) is 24.9. The van der Waals surface area contributed by atoms with Crippen molar-refractivity contribution in [3.63, 3.8) is 0 Å². The van der Waals surface area contributed by atoms with E-state index in [1.807, 2.05) is 20.8 Å². The Bertz CT molecular complexity index is 1380. The maximum Gasteiger partial charge on any atom is 0.273 e. The SMILES string of the molecule is CC(C)(C)C(NC(=O)c1nn(Cc2ccc(C#N)cc2)c2c(F)cccc12)C(=O)N1CC(C(N)=O)C1. The summed E-state index contributed by atoms with van der Waals surface area (Å²) in [6, 6.07) is 12.4. The van der Waals surface area contributed by atoms with Crippen molar-refractivity contribution in [2.24, 2.45) is 17.1 Å². The third-order valence-electron chi connectivity index (χ3n) is 6.34. The van der Waals surface area contributed by atoms with Crippen LogP contribution >= 0.6 is 0 Å². The van der Waals surface area contributed by atoms with E-state index in [1.54, 1.807) is 30.3 Å². The molecule has 36 heavy (non-hydrogen) atoms. The minimum absolute atomic E-state index is 0.00110. The largest absolute Gasteiger partial charge is 0.369 e. The summed E-state index contributed by atoms with van der Waals surface area (Å²) in [5, 5.41) is 16.5. The molecule has 186 valence electrons. The number of nitrogens with one attached hydrogen (secondary N) is 1. The van der Waals surface area contributed by atoms with E-state index in [9.17, 15) is 18.8 Å². The molecule has 3 N–H and O–H groups in total. The Morgan fingerprint density at radius 2 is 1.86 bits per heavy atom. The van der Waals surface area contributed by atoms with Gasteiger partial charge in [-0.2, -0.15) is 10.4 Å². The third kappa shape index (κ3) is 4.77. The Kier molecular flexibility index (Phi) is 6.50. The van der Waals surface area contributed by atoms with Crippen LogP contribution in [0.25, 0.3) is 10.9 Å². The monoisotopic (exact) mass is 490 g/mol. The highest BCUT2D eigenvalue weighted by Crippen LogP contribution is 2.27. The third-order valence-corrected chi connectivity index (χ3v) is 6.34. The molecular weight excluding hydrogens is 463 g/mol. The van der Waals surface area contributed by atoms with Gasteiger partial charge in [0.1, 0.15) is 17.4 Å². The summed E-state index contributed by atoms with van der Waals surface area (Å²) < 4.78 is 16.3. The van der Waals surface area contributed by atoms with Crippen LogP contribution < -0.4 is 11.1 Å². The number of rotatable bonds is 6. The zero-order valence-corrected chi connectivity index (χ0v) is 20.3. The topological polar surface area (TPSA) is 134 Å². The number of amides is 3. The van der Waals surface area contributed by atoms with Crippen LogP contribution in [0.3, 0.4) is 0 Å². The second-order valence-corrected chi connectivity index (χ2v) is 10.1. The Balaban J connectivity index is 1.63. The maximum atomic E-state index is 14.9. The van der Waals surface area contributed by atoms with Crippen LogP contribution in [0.1, 0.15) is 42.4 Å². The number of hydrogen-bond donors (Lipinski definition) is 2. The number of likely N-dealkylation sites (tertiary alicyclic amines) is 1. The van der Waals surface area contributed by atoms with Gasteiger partial charge in [0.15, 0.2) is 5.69 Å². The number of aromatic nitrogens is 2. The summed E-state index contributed by atoms with van der Waals surface area (Å²) in [4.78, 5) is 39.4. The molecule has 0 bridgehead atoms. The lowest BCUT2D eigenvalue weighted by molar-refractivity contribution is -0.145. The molecule has 1 fully saturated rings. The first-order valence-electron chi connectivity index (χ1n) is 11.5. The van der Waals surface area contributed by atoms with Crippen molar-refractivity contribution in [2.75, 3.05) is 13.1 Å². The van der Waals surface area contributed by atoms with E-state index in [4.69, 9.17) is 11.0 Å². The average molecular weight is 491 g/mol. The number of nitriles is 1. The average Bonchev–Trinajstić information content (AvgIpc) is 3.15. The molecule has 3 aromatic rings. The van der Waals surface area contributed by atoms with Crippen LogP contribution in [0.15, 0.2) is 42.5 Å². The van der Waals surface area contributed by atoms with Gasteiger partial charge in [0.2, 0.25) is 11.8 Å². The van der Waals surface area contributed by atoms with Crippen molar-refractivity contribution in [1.29, 1.82) is 5.26 Å². The Morgan fingerprint density at radius 1 is 1.19 bits per heavy atom. The molecule has 0 radical (unpaired) electrons. The van der Waals surface area contributed by atoms with Gasteiger partial charge in [-0.15, -0.1) is 0 Å². The van der Waals surface area contributed by atoms with Gasteiger partial charge in [-0.3, -0.25) is 19.1 Å². The van der Waals surface area contributed by atoms with Gasteiger partial charge in [-0.05, 0) is 29.2 Å². The molecule has 9 nitrogen and oxygen atoms in total. The number of para-hydroxylation sites is 1. The molecule has 2 heterocycles. The molecule has 4 rings (SSSR count). The van der Waals surface area contributed by atoms with Crippen molar-refractivity contribution in [3.8, 4) is 6.07 Å². The Hall–Kier alpha value is -4.26. The lowest BCUT2D eigenvalue weighted by Crippen LogP contribution is -2.62. The fourth-order valence-electron chi connectivity index (χ4n) is 4.20. The predicted octanol–water partition coefficient (Wildman–Crippen LogP) is 2.18. The van der Waals surface area contributed by atoms with Gasteiger partial charge in [-0.1, -0.05) is 45.0 Å². The molecule has 0 saturated carbocycles. The van der Waals surface area contributed by atoms with Gasteiger partial charge < -0.3 is 16.0 Å². The summed E-state index contributed by atoms with van der Waals surface area (Å²) in [5.74, 6) is -2.31. The van der Waals surface area contributed by atoms with Crippen LogP contribution in [0.2, 0.25) is 0 Å². The van der Waals surface area contributed by atoms with Crippen LogP contribution in [0.4, 0.5) is 4.39 Å². The van der Waals surface area contributed by atoms with Crippen LogP contribution in [-0.4, -0.2) is 51.5 Å². The van der Waals surface area contributed by atoms with Crippen molar-refractivity contribution >= 4 is 28.6 Å². The number of primary amides is 1. The van der Waals surface area contributed by atoms with Crippen molar-refractivity contribution in [3.05, 3.63) is 65.1 Å². The van der Waals surface area contributed by atoms with Crippen LogP contribution in [0.5, 0.6) is 0 Å². The highest BCUT2D eigenvalue weighted by molar-refractivity contribution is 6.06. The number of carbonyl (C=O) groups excluding carboxylic acids is 3. The summed E-state index contributed by atoms with van der Waals surface area (Å²) in [7, 11) is 0. The minimum atomic E-state index is -0.897.